The third kappa shape index (κ3) is 5.29. The average Bonchev–Trinajstić information content (AvgIpc) is 3.23. The normalized spacial score (nSPS) is 16.3. The molecule has 3 rings (SSSR count). The van der Waals surface area contributed by atoms with Crippen molar-refractivity contribution in [2.24, 2.45) is 5.14 Å². The fourth-order valence-corrected chi connectivity index (χ4v) is 4.45. The first-order chi connectivity index (χ1) is 14.7. The Kier molecular flexibility index (Phi) is 6.73. The van der Waals surface area contributed by atoms with E-state index in [1.807, 2.05) is 0 Å². The molecule has 1 aromatic carbocycles. The van der Waals surface area contributed by atoms with E-state index >= 15 is 0 Å². The maximum absolute atomic E-state index is 12.6. The molecular formula is C19H19N3O7S2. The molecule has 1 aliphatic heterocycles. The van der Waals surface area contributed by atoms with Crippen LogP contribution in [0.5, 0.6) is 0 Å². The van der Waals surface area contributed by atoms with Crippen molar-refractivity contribution in [3.8, 4) is 0 Å². The Labute approximate surface area is 182 Å². The highest BCUT2D eigenvalue weighted by Gasteiger charge is 2.34. The predicted octanol–water partition coefficient (Wildman–Crippen LogP) is 1.42. The summed E-state index contributed by atoms with van der Waals surface area (Å²) in [7, 11) is -3.95. The molecule has 1 aromatic heterocycles. The number of hydrogen-bond acceptors (Lipinski definition) is 8. The molecule has 2 amide bonds. The first-order valence-corrected chi connectivity index (χ1v) is 11.4. The van der Waals surface area contributed by atoms with Crippen molar-refractivity contribution in [3.05, 3.63) is 64.2 Å². The molecule has 1 unspecified atom stereocenters. The van der Waals surface area contributed by atoms with Crippen LogP contribution in [0, 0.1) is 0 Å². The van der Waals surface area contributed by atoms with E-state index in [4.69, 9.17) is 14.6 Å². The van der Waals surface area contributed by atoms with Crippen LogP contribution in [0.4, 0.5) is 4.79 Å². The fraction of sp³-hybridized carbons (Fsp3) is 0.211. The number of primary sulfonamides is 1. The Morgan fingerprint density at radius 1 is 1.16 bits per heavy atom. The van der Waals surface area contributed by atoms with Gasteiger partial charge in [0.1, 0.15) is 10.8 Å². The van der Waals surface area contributed by atoms with Gasteiger partial charge in [0.15, 0.2) is 0 Å². The quantitative estimate of drug-likeness (QED) is 0.523. The Balaban J connectivity index is 1.89. The molecule has 0 saturated heterocycles. The second-order valence-electron chi connectivity index (χ2n) is 6.33. The van der Waals surface area contributed by atoms with Crippen molar-refractivity contribution in [2.75, 3.05) is 13.2 Å². The lowest BCUT2D eigenvalue weighted by Gasteiger charge is -2.29. The number of rotatable bonds is 7. The van der Waals surface area contributed by atoms with E-state index in [2.05, 4.69) is 10.6 Å². The Bertz CT molecular complexity index is 1140. The van der Waals surface area contributed by atoms with Crippen LogP contribution in [0.15, 0.2) is 57.3 Å². The number of nitrogens with two attached hydrogens (primary N) is 1. The Morgan fingerprint density at radius 2 is 1.87 bits per heavy atom. The number of urea groups is 1. The van der Waals surface area contributed by atoms with Gasteiger partial charge in [-0.2, -0.15) is 0 Å². The maximum atomic E-state index is 12.6. The highest BCUT2D eigenvalue weighted by atomic mass is 32.2. The van der Waals surface area contributed by atoms with E-state index in [1.54, 1.807) is 37.3 Å². The van der Waals surface area contributed by atoms with Crippen LogP contribution in [0.3, 0.4) is 0 Å². The van der Waals surface area contributed by atoms with Crippen molar-refractivity contribution in [1.82, 2.24) is 10.6 Å². The van der Waals surface area contributed by atoms with Gasteiger partial charge in [0.05, 0.1) is 29.5 Å². The summed E-state index contributed by atoms with van der Waals surface area (Å²) < 4.78 is 32.9. The van der Waals surface area contributed by atoms with Crippen LogP contribution in [-0.2, 0) is 24.3 Å². The van der Waals surface area contributed by atoms with Crippen molar-refractivity contribution in [3.63, 3.8) is 0 Å². The number of hydrogen-bond donors (Lipinski definition) is 3. The zero-order valence-electron chi connectivity index (χ0n) is 16.3. The zero-order valence-corrected chi connectivity index (χ0v) is 17.9. The topological polar surface area (TPSA) is 154 Å². The molecule has 0 fully saturated rings. The molecule has 0 bridgehead atoms. The molecule has 1 aliphatic rings. The minimum atomic E-state index is -3.95. The van der Waals surface area contributed by atoms with Crippen LogP contribution >= 0.6 is 11.3 Å². The number of carbonyl (C=O) groups is 3. The lowest BCUT2D eigenvalue weighted by Crippen LogP contribution is -2.47. The standard InChI is InChI=1S/C19H19N3O7S2/c1-2-28-18(24)15-13(21-19(25)22-16(15)11-6-4-3-5-7-11)9-29-17(23)12-8-14(30-10-12)31(20,26)27/h3-8,10,16H,2,9H2,1H3,(H2,20,26,27)(H2,21,22,25). The van der Waals surface area contributed by atoms with E-state index in [0.717, 1.165) is 17.4 Å². The monoisotopic (exact) mass is 465 g/mol. The first kappa shape index (κ1) is 22.5. The van der Waals surface area contributed by atoms with E-state index in [-0.39, 0.29) is 27.6 Å². The maximum Gasteiger partial charge on any atom is 0.339 e. The molecule has 4 N–H and O–H groups in total. The Morgan fingerprint density at radius 3 is 2.48 bits per heavy atom. The number of ether oxygens (including phenoxy) is 2. The second kappa shape index (κ2) is 9.29. The Hall–Kier alpha value is -3.22. The first-order valence-electron chi connectivity index (χ1n) is 9.01. The van der Waals surface area contributed by atoms with Gasteiger partial charge in [0.2, 0.25) is 10.0 Å². The molecule has 0 radical (unpaired) electrons. The summed E-state index contributed by atoms with van der Waals surface area (Å²) in [5, 5.41) is 11.5. The molecule has 0 spiro atoms. The van der Waals surface area contributed by atoms with Gasteiger partial charge < -0.3 is 20.1 Å². The highest BCUT2D eigenvalue weighted by molar-refractivity contribution is 7.91. The molecule has 1 atom stereocenters. The van der Waals surface area contributed by atoms with Crippen molar-refractivity contribution in [2.45, 2.75) is 17.2 Å². The molecule has 2 heterocycles. The number of benzene rings is 1. The van der Waals surface area contributed by atoms with Gasteiger partial charge in [-0.1, -0.05) is 30.3 Å². The van der Waals surface area contributed by atoms with Gasteiger partial charge in [0, 0.05) is 5.38 Å². The summed E-state index contributed by atoms with van der Waals surface area (Å²) in [5.74, 6) is -1.52. The molecule has 31 heavy (non-hydrogen) atoms. The van der Waals surface area contributed by atoms with Crippen LogP contribution in [0.1, 0.15) is 28.9 Å². The number of thiophene rings is 1. The molecule has 0 aliphatic carbocycles. The minimum Gasteiger partial charge on any atom is -0.463 e. The lowest BCUT2D eigenvalue weighted by molar-refractivity contribution is -0.139. The van der Waals surface area contributed by atoms with E-state index in [9.17, 15) is 22.8 Å². The summed E-state index contributed by atoms with van der Waals surface area (Å²) in [6.07, 6.45) is 0. The van der Waals surface area contributed by atoms with Crippen LogP contribution in [-0.4, -0.2) is 39.6 Å². The van der Waals surface area contributed by atoms with E-state index in [1.165, 1.54) is 5.38 Å². The van der Waals surface area contributed by atoms with Crippen LogP contribution < -0.4 is 15.8 Å². The lowest BCUT2D eigenvalue weighted by atomic mass is 9.95. The molecule has 12 heteroatoms. The molecular weight excluding hydrogens is 446 g/mol. The fourth-order valence-electron chi connectivity index (χ4n) is 2.87. The molecule has 164 valence electrons. The van der Waals surface area contributed by atoms with Gasteiger partial charge in [-0.3, -0.25) is 0 Å². The molecule has 0 saturated carbocycles. The second-order valence-corrected chi connectivity index (χ2v) is 9.03. The summed E-state index contributed by atoms with van der Waals surface area (Å²) in [6.45, 7) is 1.31. The summed E-state index contributed by atoms with van der Waals surface area (Å²) in [4.78, 5) is 37.2. The SMILES string of the molecule is CCOC(=O)C1=C(COC(=O)c2csc(S(N)(=O)=O)c2)NC(=O)NC1c1ccccc1. The predicted molar refractivity (Wildman–Crippen MR) is 110 cm³/mol. The molecule has 2 aromatic rings. The number of carbonyl (C=O) groups excluding carboxylic acids is 3. The zero-order chi connectivity index (χ0) is 22.6. The van der Waals surface area contributed by atoms with E-state index in [0.29, 0.717) is 5.56 Å². The van der Waals surface area contributed by atoms with Gasteiger partial charge in [-0.15, -0.1) is 11.3 Å². The van der Waals surface area contributed by atoms with Crippen molar-refractivity contribution >= 4 is 39.3 Å². The van der Waals surface area contributed by atoms with E-state index < -0.39 is 40.6 Å². The van der Waals surface area contributed by atoms with Gasteiger partial charge >= 0.3 is 18.0 Å². The average molecular weight is 466 g/mol. The van der Waals surface area contributed by atoms with Gasteiger partial charge in [-0.05, 0) is 18.6 Å². The number of esters is 2. The highest BCUT2D eigenvalue weighted by Crippen LogP contribution is 2.28. The number of nitrogens with one attached hydrogen (secondary N) is 2. The van der Waals surface area contributed by atoms with Crippen molar-refractivity contribution in [1.29, 1.82) is 0 Å². The minimum absolute atomic E-state index is 0.0211. The van der Waals surface area contributed by atoms with Crippen LogP contribution in [0.25, 0.3) is 0 Å². The third-order valence-electron chi connectivity index (χ3n) is 4.22. The summed E-state index contributed by atoms with van der Waals surface area (Å²) >= 11 is 0.777. The third-order valence-corrected chi connectivity index (χ3v) is 6.61. The van der Waals surface area contributed by atoms with Crippen molar-refractivity contribution < 1.29 is 32.3 Å². The van der Waals surface area contributed by atoms with Gasteiger partial charge in [0.25, 0.3) is 0 Å². The molecule has 10 nitrogen and oxygen atoms in total. The number of sulfonamides is 1. The summed E-state index contributed by atoms with van der Waals surface area (Å²) in [5.41, 5.74) is 0.773. The largest absolute Gasteiger partial charge is 0.463 e. The smallest absolute Gasteiger partial charge is 0.339 e. The summed E-state index contributed by atoms with van der Waals surface area (Å²) in [6, 6.07) is 8.48. The van der Waals surface area contributed by atoms with Gasteiger partial charge in [-0.25, -0.2) is 27.9 Å². The van der Waals surface area contributed by atoms with Crippen LogP contribution in [0.2, 0.25) is 0 Å². The number of amides is 2.